The average Bonchev–Trinajstić information content (AvgIpc) is 2.40. The van der Waals surface area contributed by atoms with Crippen molar-refractivity contribution < 1.29 is 9.47 Å². The van der Waals surface area contributed by atoms with E-state index in [1.165, 1.54) is 0 Å². The van der Waals surface area contributed by atoms with Crippen LogP contribution in [0, 0.1) is 3.57 Å². The van der Waals surface area contributed by atoms with Crippen LogP contribution in [0.4, 0.5) is 5.82 Å². The van der Waals surface area contributed by atoms with Gasteiger partial charge in [-0.2, -0.15) is 0 Å². The van der Waals surface area contributed by atoms with Crippen molar-refractivity contribution in [2.45, 2.75) is 18.4 Å². The van der Waals surface area contributed by atoms with E-state index >= 15 is 0 Å². The second-order valence-corrected chi connectivity index (χ2v) is 5.11. The van der Waals surface area contributed by atoms with Crippen LogP contribution in [0.1, 0.15) is 18.7 Å². The third kappa shape index (κ3) is 2.53. The summed E-state index contributed by atoms with van der Waals surface area (Å²) in [7, 11) is 3.57. The van der Waals surface area contributed by atoms with Gasteiger partial charge in [0.25, 0.3) is 0 Å². The molecule has 2 heterocycles. The van der Waals surface area contributed by atoms with Crippen molar-refractivity contribution in [3.8, 4) is 0 Å². The molecule has 0 spiro atoms. The highest BCUT2D eigenvalue weighted by Gasteiger charge is 2.37. The number of ether oxygens (including phenoxy) is 2. The summed E-state index contributed by atoms with van der Waals surface area (Å²) in [6.07, 6.45) is 3.42. The van der Waals surface area contributed by atoms with Crippen LogP contribution in [0.15, 0.2) is 6.20 Å². The summed E-state index contributed by atoms with van der Waals surface area (Å²) in [5.74, 6) is 1.59. The number of halogens is 1. The van der Waals surface area contributed by atoms with Crippen LogP contribution in [0.3, 0.4) is 0 Å². The molecule has 0 bridgehead atoms. The van der Waals surface area contributed by atoms with E-state index in [1.54, 1.807) is 7.11 Å². The Balaban J connectivity index is 2.36. The first-order valence-electron chi connectivity index (χ1n) is 5.55. The Morgan fingerprint density at radius 3 is 2.76 bits per heavy atom. The zero-order valence-electron chi connectivity index (χ0n) is 9.99. The van der Waals surface area contributed by atoms with Crippen LogP contribution < -0.4 is 5.32 Å². The smallest absolute Gasteiger partial charge is 0.162 e. The highest BCUT2D eigenvalue weighted by molar-refractivity contribution is 14.1. The van der Waals surface area contributed by atoms with E-state index in [0.717, 1.165) is 28.1 Å². The number of nitrogens with zero attached hydrogens (tertiary/aromatic N) is 2. The van der Waals surface area contributed by atoms with E-state index in [4.69, 9.17) is 9.47 Å². The minimum Gasteiger partial charge on any atom is -0.381 e. The first-order valence-corrected chi connectivity index (χ1v) is 6.63. The SMILES string of the molecule is CNc1nc(C2(OC)CCOCC2)ncc1I. The molecule has 6 heteroatoms. The molecule has 0 amide bonds. The normalized spacial score (nSPS) is 19.0. The maximum atomic E-state index is 5.67. The third-order valence-electron chi connectivity index (χ3n) is 3.08. The average molecular weight is 349 g/mol. The van der Waals surface area contributed by atoms with E-state index in [1.807, 2.05) is 13.2 Å². The van der Waals surface area contributed by atoms with Gasteiger partial charge in [-0.3, -0.25) is 0 Å². The monoisotopic (exact) mass is 349 g/mol. The summed E-state index contributed by atoms with van der Waals surface area (Å²) in [6.45, 7) is 1.39. The second kappa shape index (κ2) is 5.45. The quantitative estimate of drug-likeness (QED) is 0.843. The molecule has 5 nitrogen and oxygen atoms in total. The van der Waals surface area contributed by atoms with Gasteiger partial charge in [-0.15, -0.1) is 0 Å². The van der Waals surface area contributed by atoms with Crippen molar-refractivity contribution >= 4 is 28.4 Å². The molecule has 1 aliphatic heterocycles. The van der Waals surface area contributed by atoms with E-state index in [-0.39, 0.29) is 0 Å². The van der Waals surface area contributed by atoms with Crippen molar-refractivity contribution in [1.82, 2.24) is 9.97 Å². The van der Waals surface area contributed by atoms with Gasteiger partial charge in [0.05, 0.1) is 3.57 Å². The fourth-order valence-electron chi connectivity index (χ4n) is 1.98. The third-order valence-corrected chi connectivity index (χ3v) is 3.87. The zero-order valence-corrected chi connectivity index (χ0v) is 12.2. The lowest BCUT2D eigenvalue weighted by Gasteiger charge is -2.34. The van der Waals surface area contributed by atoms with Gasteiger partial charge >= 0.3 is 0 Å². The number of hydrogen-bond acceptors (Lipinski definition) is 5. The summed E-state index contributed by atoms with van der Waals surface area (Å²) in [4.78, 5) is 8.96. The predicted molar refractivity (Wildman–Crippen MR) is 73.0 cm³/mol. The second-order valence-electron chi connectivity index (χ2n) is 3.95. The molecule has 2 rings (SSSR count). The minimum atomic E-state index is -0.395. The summed E-state index contributed by atoms with van der Waals surface area (Å²) >= 11 is 2.21. The molecule has 94 valence electrons. The van der Waals surface area contributed by atoms with E-state index < -0.39 is 5.60 Å². The lowest BCUT2D eigenvalue weighted by atomic mass is 9.93. The summed E-state index contributed by atoms with van der Waals surface area (Å²) < 4.78 is 12.1. The lowest BCUT2D eigenvalue weighted by molar-refractivity contribution is -0.0999. The molecule has 17 heavy (non-hydrogen) atoms. The Labute approximate surface area is 114 Å². The fourth-order valence-corrected chi connectivity index (χ4v) is 2.51. The first-order chi connectivity index (χ1) is 8.22. The molecule has 1 aliphatic rings. The van der Waals surface area contributed by atoms with Gasteiger partial charge in [0.1, 0.15) is 11.4 Å². The highest BCUT2D eigenvalue weighted by atomic mass is 127. The molecule has 0 aromatic carbocycles. The number of methoxy groups -OCH3 is 1. The summed E-state index contributed by atoms with van der Waals surface area (Å²) in [6, 6.07) is 0. The maximum Gasteiger partial charge on any atom is 0.162 e. The number of anilines is 1. The maximum absolute atomic E-state index is 5.67. The Hall–Kier alpha value is -0.470. The van der Waals surface area contributed by atoms with Gasteiger partial charge in [0, 0.05) is 46.4 Å². The molecule has 1 fully saturated rings. The zero-order chi connectivity index (χ0) is 12.3. The molecule has 1 N–H and O–H groups in total. The van der Waals surface area contributed by atoms with Gasteiger partial charge < -0.3 is 14.8 Å². The Morgan fingerprint density at radius 2 is 2.18 bits per heavy atom. The number of rotatable bonds is 3. The summed E-state index contributed by atoms with van der Waals surface area (Å²) in [5.41, 5.74) is -0.395. The number of nitrogens with one attached hydrogen (secondary N) is 1. The Bertz CT molecular complexity index is 394. The summed E-state index contributed by atoms with van der Waals surface area (Å²) in [5, 5.41) is 3.07. The molecule has 1 aromatic rings. The molecule has 0 saturated carbocycles. The van der Waals surface area contributed by atoms with Crippen molar-refractivity contribution in [1.29, 1.82) is 0 Å². The van der Waals surface area contributed by atoms with Gasteiger partial charge in [-0.1, -0.05) is 0 Å². The largest absolute Gasteiger partial charge is 0.381 e. The molecule has 0 atom stereocenters. The molecular weight excluding hydrogens is 333 g/mol. The number of hydrogen-bond donors (Lipinski definition) is 1. The first kappa shape index (κ1) is 13.0. The van der Waals surface area contributed by atoms with Gasteiger partial charge in [0.2, 0.25) is 0 Å². The van der Waals surface area contributed by atoms with Gasteiger partial charge in [0.15, 0.2) is 5.82 Å². The van der Waals surface area contributed by atoms with Crippen molar-refractivity contribution in [2.24, 2.45) is 0 Å². The number of aromatic nitrogens is 2. The van der Waals surface area contributed by atoms with Crippen LogP contribution in [-0.2, 0) is 15.1 Å². The lowest BCUT2D eigenvalue weighted by Crippen LogP contribution is -2.37. The molecule has 0 aliphatic carbocycles. The fraction of sp³-hybridized carbons (Fsp3) is 0.636. The Kier molecular flexibility index (Phi) is 4.16. The van der Waals surface area contributed by atoms with Crippen LogP contribution in [-0.4, -0.2) is 37.3 Å². The molecule has 0 unspecified atom stereocenters. The topological polar surface area (TPSA) is 56.3 Å². The van der Waals surface area contributed by atoms with Gasteiger partial charge in [-0.25, -0.2) is 9.97 Å². The van der Waals surface area contributed by atoms with E-state index in [2.05, 4.69) is 37.9 Å². The van der Waals surface area contributed by atoms with Crippen molar-refractivity contribution in [3.05, 3.63) is 15.6 Å². The van der Waals surface area contributed by atoms with Crippen LogP contribution in [0.2, 0.25) is 0 Å². The molecule has 1 saturated heterocycles. The minimum absolute atomic E-state index is 0.395. The van der Waals surface area contributed by atoms with Crippen LogP contribution >= 0.6 is 22.6 Å². The van der Waals surface area contributed by atoms with Crippen molar-refractivity contribution in [3.63, 3.8) is 0 Å². The van der Waals surface area contributed by atoms with Crippen LogP contribution in [0.25, 0.3) is 0 Å². The van der Waals surface area contributed by atoms with Crippen molar-refractivity contribution in [2.75, 3.05) is 32.7 Å². The molecule has 1 aromatic heterocycles. The highest BCUT2D eigenvalue weighted by Crippen LogP contribution is 2.34. The molecular formula is C11H16IN3O2. The standard InChI is InChI=1S/C11H16IN3O2/c1-13-9-8(12)7-14-10(15-9)11(16-2)3-5-17-6-4-11/h7H,3-6H2,1-2H3,(H,13,14,15). The van der Waals surface area contributed by atoms with Crippen LogP contribution in [0.5, 0.6) is 0 Å². The Morgan fingerprint density at radius 1 is 1.47 bits per heavy atom. The van der Waals surface area contributed by atoms with E-state index in [9.17, 15) is 0 Å². The van der Waals surface area contributed by atoms with E-state index in [0.29, 0.717) is 13.2 Å². The predicted octanol–water partition coefficient (Wildman–Crippen LogP) is 1.77. The molecule has 0 radical (unpaired) electrons. The van der Waals surface area contributed by atoms with Gasteiger partial charge in [-0.05, 0) is 22.6 Å².